The Balaban J connectivity index is 2.31. The first-order valence-electron chi connectivity index (χ1n) is 5.56. The maximum Gasteiger partial charge on any atom is 0.0713 e. The van der Waals surface area contributed by atoms with Crippen LogP contribution in [-0.4, -0.2) is 26.9 Å². The minimum absolute atomic E-state index is 0.257. The zero-order valence-corrected chi connectivity index (χ0v) is 10.3. The van der Waals surface area contributed by atoms with Crippen molar-refractivity contribution in [3.05, 3.63) is 35.4 Å². The van der Waals surface area contributed by atoms with E-state index in [-0.39, 0.29) is 6.10 Å². The molecule has 0 heterocycles. The standard InChI is InChI=1S/C13H21NO2/c1-11(16-3)8-14-9-12-4-6-13(7-5-12)10-15-2/h4-7,11,14H,8-10H2,1-3H3. The van der Waals surface area contributed by atoms with Crippen LogP contribution >= 0.6 is 0 Å². The van der Waals surface area contributed by atoms with Crippen molar-refractivity contribution in [2.24, 2.45) is 0 Å². The van der Waals surface area contributed by atoms with Gasteiger partial charge in [-0.15, -0.1) is 0 Å². The van der Waals surface area contributed by atoms with Crippen LogP contribution in [0.4, 0.5) is 0 Å². The Kier molecular flexibility index (Phi) is 6.08. The predicted octanol–water partition coefficient (Wildman–Crippen LogP) is 1.96. The minimum Gasteiger partial charge on any atom is -0.380 e. The maximum absolute atomic E-state index is 5.16. The van der Waals surface area contributed by atoms with Gasteiger partial charge in [-0.3, -0.25) is 0 Å². The van der Waals surface area contributed by atoms with Crippen molar-refractivity contribution < 1.29 is 9.47 Å². The van der Waals surface area contributed by atoms with Gasteiger partial charge in [0.2, 0.25) is 0 Å². The first-order chi connectivity index (χ1) is 7.76. The van der Waals surface area contributed by atoms with E-state index in [1.165, 1.54) is 11.1 Å². The van der Waals surface area contributed by atoms with E-state index in [2.05, 4.69) is 36.5 Å². The van der Waals surface area contributed by atoms with Gasteiger partial charge in [0.15, 0.2) is 0 Å². The van der Waals surface area contributed by atoms with Crippen molar-refractivity contribution >= 4 is 0 Å². The Morgan fingerprint density at radius 3 is 2.31 bits per heavy atom. The number of ether oxygens (including phenoxy) is 2. The van der Waals surface area contributed by atoms with Crippen LogP contribution in [0.5, 0.6) is 0 Å². The average Bonchev–Trinajstić information content (AvgIpc) is 2.31. The van der Waals surface area contributed by atoms with Gasteiger partial charge < -0.3 is 14.8 Å². The Hall–Kier alpha value is -0.900. The van der Waals surface area contributed by atoms with E-state index in [1.807, 2.05) is 0 Å². The SMILES string of the molecule is COCc1ccc(CNCC(C)OC)cc1. The highest BCUT2D eigenvalue weighted by molar-refractivity contribution is 5.21. The average molecular weight is 223 g/mol. The molecule has 1 aromatic carbocycles. The molecular formula is C13H21NO2. The molecule has 0 aliphatic heterocycles. The summed E-state index contributed by atoms with van der Waals surface area (Å²) in [5.74, 6) is 0. The summed E-state index contributed by atoms with van der Waals surface area (Å²) in [6.45, 7) is 4.47. The van der Waals surface area contributed by atoms with Crippen LogP contribution in [-0.2, 0) is 22.6 Å². The third-order valence-corrected chi connectivity index (χ3v) is 2.50. The summed E-state index contributed by atoms with van der Waals surface area (Å²) in [4.78, 5) is 0. The molecule has 0 spiro atoms. The molecule has 3 nitrogen and oxygen atoms in total. The summed E-state index contributed by atoms with van der Waals surface area (Å²) in [5.41, 5.74) is 2.49. The number of benzene rings is 1. The summed E-state index contributed by atoms with van der Waals surface area (Å²) in [6, 6.07) is 8.44. The molecule has 0 aromatic heterocycles. The second-order valence-electron chi connectivity index (χ2n) is 3.93. The van der Waals surface area contributed by atoms with Crippen molar-refractivity contribution in [1.82, 2.24) is 5.32 Å². The molecule has 1 unspecified atom stereocenters. The Morgan fingerprint density at radius 1 is 1.12 bits per heavy atom. The maximum atomic E-state index is 5.16. The lowest BCUT2D eigenvalue weighted by atomic mass is 10.1. The molecule has 0 saturated carbocycles. The van der Waals surface area contributed by atoms with Crippen LogP contribution in [0.2, 0.25) is 0 Å². The fourth-order valence-corrected chi connectivity index (χ4v) is 1.42. The summed E-state index contributed by atoms with van der Waals surface area (Å²) >= 11 is 0. The third kappa shape index (κ3) is 4.75. The molecule has 16 heavy (non-hydrogen) atoms. The molecule has 0 amide bonds. The van der Waals surface area contributed by atoms with Gasteiger partial charge in [0.05, 0.1) is 12.7 Å². The molecule has 0 radical (unpaired) electrons. The third-order valence-electron chi connectivity index (χ3n) is 2.50. The lowest BCUT2D eigenvalue weighted by molar-refractivity contribution is 0.117. The van der Waals surface area contributed by atoms with E-state index in [1.54, 1.807) is 14.2 Å². The molecular weight excluding hydrogens is 202 g/mol. The lowest BCUT2D eigenvalue weighted by Gasteiger charge is -2.10. The largest absolute Gasteiger partial charge is 0.380 e. The van der Waals surface area contributed by atoms with Crippen molar-refractivity contribution in [3.8, 4) is 0 Å². The van der Waals surface area contributed by atoms with E-state index in [4.69, 9.17) is 9.47 Å². The number of hydrogen-bond acceptors (Lipinski definition) is 3. The quantitative estimate of drug-likeness (QED) is 0.766. The minimum atomic E-state index is 0.257. The smallest absolute Gasteiger partial charge is 0.0713 e. The highest BCUT2D eigenvalue weighted by Gasteiger charge is 1.98. The lowest BCUT2D eigenvalue weighted by Crippen LogP contribution is -2.25. The van der Waals surface area contributed by atoms with E-state index < -0.39 is 0 Å². The highest BCUT2D eigenvalue weighted by Crippen LogP contribution is 2.05. The van der Waals surface area contributed by atoms with E-state index >= 15 is 0 Å². The summed E-state index contributed by atoms with van der Waals surface area (Å²) in [6.07, 6.45) is 0.257. The fourth-order valence-electron chi connectivity index (χ4n) is 1.42. The van der Waals surface area contributed by atoms with Crippen LogP contribution in [0, 0.1) is 0 Å². The van der Waals surface area contributed by atoms with Crippen molar-refractivity contribution in [2.75, 3.05) is 20.8 Å². The first-order valence-corrected chi connectivity index (χ1v) is 5.56. The summed E-state index contributed by atoms with van der Waals surface area (Å²) in [5, 5.41) is 3.35. The Labute approximate surface area is 97.8 Å². The molecule has 1 N–H and O–H groups in total. The zero-order valence-electron chi connectivity index (χ0n) is 10.3. The van der Waals surface area contributed by atoms with Gasteiger partial charge in [0, 0.05) is 27.3 Å². The van der Waals surface area contributed by atoms with Crippen molar-refractivity contribution in [1.29, 1.82) is 0 Å². The molecule has 3 heteroatoms. The van der Waals surface area contributed by atoms with Crippen LogP contribution in [0.25, 0.3) is 0 Å². The molecule has 0 aliphatic rings. The summed E-state index contributed by atoms with van der Waals surface area (Å²) < 4.78 is 10.2. The van der Waals surface area contributed by atoms with Gasteiger partial charge in [-0.2, -0.15) is 0 Å². The van der Waals surface area contributed by atoms with Crippen LogP contribution < -0.4 is 5.32 Å². The number of nitrogens with one attached hydrogen (secondary N) is 1. The van der Waals surface area contributed by atoms with Gasteiger partial charge >= 0.3 is 0 Å². The number of hydrogen-bond donors (Lipinski definition) is 1. The highest BCUT2D eigenvalue weighted by atomic mass is 16.5. The molecule has 1 aromatic rings. The molecule has 0 bridgehead atoms. The molecule has 1 rings (SSSR count). The van der Waals surface area contributed by atoms with Crippen LogP contribution in [0.15, 0.2) is 24.3 Å². The molecule has 1 atom stereocenters. The fraction of sp³-hybridized carbons (Fsp3) is 0.538. The Bertz CT molecular complexity index is 284. The van der Waals surface area contributed by atoms with Crippen LogP contribution in [0.3, 0.4) is 0 Å². The number of methoxy groups -OCH3 is 2. The normalized spacial score (nSPS) is 12.7. The second-order valence-corrected chi connectivity index (χ2v) is 3.93. The monoisotopic (exact) mass is 223 g/mol. The van der Waals surface area contributed by atoms with Crippen molar-refractivity contribution in [3.63, 3.8) is 0 Å². The first kappa shape index (κ1) is 13.2. The molecule has 0 aliphatic carbocycles. The van der Waals surface area contributed by atoms with Gasteiger partial charge in [-0.1, -0.05) is 24.3 Å². The van der Waals surface area contributed by atoms with Gasteiger partial charge in [0.1, 0.15) is 0 Å². The van der Waals surface area contributed by atoms with E-state index in [0.717, 1.165) is 13.1 Å². The second kappa shape index (κ2) is 7.39. The molecule has 0 fully saturated rings. The van der Waals surface area contributed by atoms with E-state index in [9.17, 15) is 0 Å². The van der Waals surface area contributed by atoms with Gasteiger partial charge in [0.25, 0.3) is 0 Å². The molecule has 0 saturated heterocycles. The predicted molar refractivity (Wildman–Crippen MR) is 65.3 cm³/mol. The zero-order chi connectivity index (χ0) is 11.8. The van der Waals surface area contributed by atoms with E-state index in [0.29, 0.717) is 6.61 Å². The van der Waals surface area contributed by atoms with Crippen molar-refractivity contribution in [2.45, 2.75) is 26.2 Å². The summed E-state index contributed by atoms with van der Waals surface area (Å²) in [7, 11) is 3.44. The number of rotatable bonds is 7. The van der Waals surface area contributed by atoms with Crippen LogP contribution in [0.1, 0.15) is 18.1 Å². The van der Waals surface area contributed by atoms with Gasteiger partial charge in [-0.25, -0.2) is 0 Å². The topological polar surface area (TPSA) is 30.5 Å². The molecule has 90 valence electrons. The Morgan fingerprint density at radius 2 is 1.75 bits per heavy atom. The van der Waals surface area contributed by atoms with Gasteiger partial charge in [-0.05, 0) is 18.1 Å².